The molecule has 0 bridgehead atoms. The summed E-state index contributed by atoms with van der Waals surface area (Å²) in [5.74, 6) is 0.813. The second kappa shape index (κ2) is 5.51. The second-order valence-corrected chi connectivity index (χ2v) is 5.51. The molecule has 0 saturated heterocycles. The molecule has 15 heavy (non-hydrogen) atoms. The number of nitrogens with zero attached hydrogens (tertiary/aromatic N) is 1. The summed E-state index contributed by atoms with van der Waals surface area (Å²) < 4.78 is 5.84. The van der Waals surface area contributed by atoms with Crippen LogP contribution in [0.25, 0.3) is 0 Å². The summed E-state index contributed by atoms with van der Waals surface area (Å²) in [5.41, 5.74) is -0.236. The first-order valence-corrected chi connectivity index (χ1v) is 6.06. The third-order valence-corrected chi connectivity index (χ3v) is 3.27. The van der Waals surface area contributed by atoms with Gasteiger partial charge in [-0.3, -0.25) is 0 Å². The van der Waals surface area contributed by atoms with Crippen molar-refractivity contribution in [1.82, 2.24) is 0 Å². The zero-order valence-corrected chi connectivity index (χ0v) is 10.3. The van der Waals surface area contributed by atoms with E-state index in [9.17, 15) is 0 Å². The fourth-order valence-corrected chi connectivity index (χ4v) is 2.07. The molecule has 0 aromatic heterocycles. The fraction of sp³-hybridized carbons (Fsp3) is 0.923. The molecule has 1 saturated carbocycles. The number of rotatable bonds is 4. The summed E-state index contributed by atoms with van der Waals surface area (Å²) in [4.78, 5) is 0. The number of hydrogen-bond acceptors (Lipinski definition) is 2. The van der Waals surface area contributed by atoms with Gasteiger partial charge in [0.05, 0.1) is 17.6 Å². The van der Waals surface area contributed by atoms with Crippen LogP contribution in [0.1, 0.15) is 52.9 Å². The van der Waals surface area contributed by atoms with Gasteiger partial charge >= 0.3 is 0 Å². The van der Waals surface area contributed by atoms with Crippen LogP contribution in [0.3, 0.4) is 0 Å². The van der Waals surface area contributed by atoms with Crippen molar-refractivity contribution in [2.45, 2.75) is 59.0 Å². The van der Waals surface area contributed by atoms with Gasteiger partial charge in [0.2, 0.25) is 0 Å². The van der Waals surface area contributed by atoms with E-state index in [1.165, 1.54) is 25.7 Å². The van der Waals surface area contributed by atoms with Crippen molar-refractivity contribution in [1.29, 1.82) is 5.26 Å². The molecule has 0 aliphatic heterocycles. The van der Waals surface area contributed by atoms with Crippen molar-refractivity contribution in [2.75, 3.05) is 6.61 Å². The molecule has 0 aromatic rings. The summed E-state index contributed by atoms with van der Waals surface area (Å²) in [5, 5.41) is 8.87. The Morgan fingerprint density at radius 2 is 2.13 bits per heavy atom. The quantitative estimate of drug-likeness (QED) is 0.709. The van der Waals surface area contributed by atoms with Crippen molar-refractivity contribution in [3.05, 3.63) is 0 Å². The van der Waals surface area contributed by atoms with Gasteiger partial charge in [-0.1, -0.05) is 19.8 Å². The van der Waals surface area contributed by atoms with Crippen molar-refractivity contribution in [3.63, 3.8) is 0 Å². The molecule has 0 amide bonds. The van der Waals surface area contributed by atoms with E-state index < -0.39 is 0 Å². The fourth-order valence-electron chi connectivity index (χ4n) is 2.07. The highest BCUT2D eigenvalue weighted by Crippen LogP contribution is 2.26. The van der Waals surface area contributed by atoms with Crippen LogP contribution < -0.4 is 0 Å². The monoisotopic (exact) mass is 209 g/mol. The van der Waals surface area contributed by atoms with Gasteiger partial charge < -0.3 is 4.74 Å². The minimum atomic E-state index is -0.236. The normalized spacial score (nSPS) is 27.3. The summed E-state index contributed by atoms with van der Waals surface area (Å²) in [6.07, 6.45) is 6.35. The van der Waals surface area contributed by atoms with E-state index in [-0.39, 0.29) is 5.41 Å². The predicted molar refractivity (Wildman–Crippen MR) is 61.4 cm³/mol. The van der Waals surface area contributed by atoms with Crippen molar-refractivity contribution >= 4 is 0 Å². The molecule has 0 heterocycles. The largest absolute Gasteiger partial charge is 0.378 e. The number of ether oxygens (including phenoxy) is 1. The highest BCUT2D eigenvalue weighted by Gasteiger charge is 2.21. The minimum absolute atomic E-state index is 0.236. The standard InChI is InChI=1S/C13H23NO/c1-11-5-4-6-12(9-11)15-8-7-13(2,3)10-14/h11-12H,4-9H2,1-3H3. The Morgan fingerprint density at radius 3 is 2.73 bits per heavy atom. The van der Waals surface area contributed by atoms with E-state index in [2.05, 4.69) is 13.0 Å². The molecular formula is C13H23NO. The molecule has 1 rings (SSSR count). The molecule has 1 aliphatic carbocycles. The van der Waals surface area contributed by atoms with E-state index in [4.69, 9.17) is 10.00 Å². The van der Waals surface area contributed by atoms with Crippen molar-refractivity contribution in [3.8, 4) is 6.07 Å². The SMILES string of the molecule is CC1CCCC(OCCC(C)(C)C#N)C1. The molecule has 0 N–H and O–H groups in total. The average Bonchev–Trinajstić information content (AvgIpc) is 2.18. The first kappa shape index (κ1) is 12.5. The summed E-state index contributed by atoms with van der Waals surface area (Å²) >= 11 is 0. The van der Waals surface area contributed by atoms with E-state index >= 15 is 0 Å². The Morgan fingerprint density at radius 1 is 1.40 bits per heavy atom. The highest BCUT2D eigenvalue weighted by molar-refractivity contribution is 4.91. The van der Waals surface area contributed by atoms with Gasteiger partial charge in [-0.25, -0.2) is 0 Å². The maximum Gasteiger partial charge on any atom is 0.0684 e. The van der Waals surface area contributed by atoms with Gasteiger partial charge in [0.25, 0.3) is 0 Å². The van der Waals surface area contributed by atoms with E-state index in [1.807, 2.05) is 13.8 Å². The maximum atomic E-state index is 8.87. The zero-order valence-electron chi connectivity index (χ0n) is 10.3. The molecule has 2 atom stereocenters. The van der Waals surface area contributed by atoms with E-state index in [1.54, 1.807) is 0 Å². The molecular weight excluding hydrogens is 186 g/mol. The van der Waals surface area contributed by atoms with Gasteiger partial charge in [-0.2, -0.15) is 5.26 Å². The van der Waals surface area contributed by atoms with Crippen molar-refractivity contribution in [2.24, 2.45) is 11.3 Å². The number of hydrogen-bond donors (Lipinski definition) is 0. The highest BCUT2D eigenvalue weighted by atomic mass is 16.5. The van der Waals surface area contributed by atoms with Crippen LogP contribution in [-0.4, -0.2) is 12.7 Å². The molecule has 2 heteroatoms. The second-order valence-electron chi connectivity index (χ2n) is 5.51. The summed E-state index contributed by atoms with van der Waals surface area (Å²) in [7, 11) is 0. The lowest BCUT2D eigenvalue weighted by Crippen LogP contribution is -2.23. The molecule has 2 nitrogen and oxygen atoms in total. The Hall–Kier alpha value is -0.550. The van der Waals surface area contributed by atoms with E-state index in [0.717, 1.165) is 18.9 Å². The lowest BCUT2D eigenvalue weighted by Gasteiger charge is -2.27. The van der Waals surface area contributed by atoms with Crippen molar-refractivity contribution < 1.29 is 4.74 Å². The van der Waals surface area contributed by atoms with Gasteiger partial charge in [-0.15, -0.1) is 0 Å². The van der Waals surface area contributed by atoms with Crippen LogP contribution in [0.2, 0.25) is 0 Å². The number of nitriles is 1. The van der Waals surface area contributed by atoms with E-state index in [0.29, 0.717) is 6.10 Å². The van der Waals surface area contributed by atoms with Gasteiger partial charge in [0, 0.05) is 6.61 Å². The Balaban J connectivity index is 2.18. The molecule has 86 valence electrons. The summed E-state index contributed by atoms with van der Waals surface area (Å²) in [6.45, 7) is 6.98. The van der Waals surface area contributed by atoms with Gasteiger partial charge in [0.1, 0.15) is 0 Å². The Kier molecular flexibility index (Phi) is 4.60. The van der Waals surface area contributed by atoms with Crippen LogP contribution in [0.4, 0.5) is 0 Å². The smallest absolute Gasteiger partial charge is 0.0684 e. The lowest BCUT2D eigenvalue weighted by atomic mass is 9.88. The third-order valence-electron chi connectivity index (χ3n) is 3.27. The predicted octanol–water partition coefficient (Wildman–Crippen LogP) is 3.52. The molecule has 0 spiro atoms. The Labute approximate surface area is 93.6 Å². The molecule has 0 aromatic carbocycles. The van der Waals surface area contributed by atoms with Crippen LogP contribution in [0, 0.1) is 22.7 Å². The summed E-state index contributed by atoms with van der Waals surface area (Å²) in [6, 6.07) is 2.31. The molecule has 0 radical (unpaired) electrons. The average molecular weight is 209 g/mol. The van der Waals surface area contributed by atoms with Gasteiger partial charge in [-0.05, 0) is 39.0 Å². The Bertz CT molecular complexity index is 229. The minimum Gasteiger partial charge on any atom is -0.378 e. The first-order valence-electron chi connectivity index (χ1n) is 6.06. The third kappa shape index (κ3) is 4.66. The molecule has 1 fully saturated rings. The van der Waals surface area contributed by atoms with Crippen LogP contribution in [-0.2, 0) is 4.74 Å². The molecule has 2 unspecified atom stereocenters. The molecule has 1 aliphatic rings. The maximum absolute atomic E-state index is 8.87. The van der Waals surface area contributed by atoms with Gasteiger partial charge in [0.15, 0.2) is 0 Å². The zero-order chi connectivity index (χ0) is 11.3. The van der Waals surface area contributed by atoms with Crippen LogP contribution in [0.15, 0.2) is 0 Å². The first-order chi connectivity index (χ1) is 7.03. The van der Waals surface area contributed by atoms with Crippen LogP contribution >= 0.6 is 0 Å². The lowest BCUT2D eigenvalue weighted by molar-refractivity contribution is 0.00708. The topological polar surface area (TPSA) is 33.0 Å². The van der Waals surface area contributed by atoms with Crippen LogP contribution in [0.5, 0.6) is 0 Å².